The van der Waals surface area contributed by atoms with Gasteiger partial charge in [0.05, 0.1) is 32.4 Å². The Bertz CT molecular complexity index is 433. The second-order valence-electron chi connectivity index (χ2n) is 4.17. The van der Waals surface area contributed by atoms with Gasteiger partial charge in [-0.05, 0) is 18.6 Å². The minimum absolute atomic E-state index is 0.0429. The van der Waals surface area contributed by atoms with Crippen molar-refractivity contribution in [2.24, 2.45) is 0 Å². The Morgan fingerprint density at radius 3 is 2.60 bits per heavy atom. The molecule has 1 aromatic carbocycles. The molecule has 1 atom stereocenters. The molecule has 0 aliphatic carbocycles. The van der Waals surface area contributed by atoms with Crippen LogP contribution in [-0.4, -0.2) is 45.2 Å². The average molecular weight is 346 g/mol. The van der Waals surface area contributed by atoms with Gasteiger partial charge in [0.2, 0.25) is 0 Å². The number of amides is 1. The minimum Gasteiger partial charge on any atom is -0.497 e. The number of nitrogens with one attached hydrogen (secondary N) is 1. The third-order valence-electron chi connectivity index (χ3n) is 2.81. The monoisotopic (exact) mass is 345 g/mol. The number of ether oxygens (including phenoxy) is 3. The first-order valence-electron chi connectivity index (χ1n) is 6.24. The normalized spacial score (nSPS) is 11.8. The van der Waals surface area contributed by atoms with Crippen molar-refractivity contribution in [3.63, 3.8) is 0 Å². The molecule has 112 valence electrons. The predicted molar refractivity (Wildman–Crippen MR) is 81.1 cm³/mol. The molecular formula is C14H20BrNO4. The first kappa shape index (κ1) is 16.8. The summed E-state index contributed by atoms with van der Waals surface area (Å²) in [6, 6.07) is 5.06. The fraction of sp³-hybridized carbons (Fsp3) is 0.500. The molecule has 1 N–H and O–H groups in total. The van der Waals surface area contributed by atoms with E-state index in [0.29, 0.717) is 23.7 Å². The smallest absolute Gasteiger partial charge is 0.255 e. The van der Waals surface area contributed by atoms with Gasteiger partial charge in [-0.25, -0.2) is 0 Å². The number of carbonyl (C=O) groups is 1. The summed E-state index contributed by atoms with van der Waals surface area (Å²) in [6.07, 6.45) is 0.790. The summed E-state index contributed by atoms with van der Waals surface area (Å²) in [4.78, 5) is 12.3. The van der Waals surface area contributed by atoms with Crippen LogP contribution in [0.15, 0.2) is 18.2 Å². The standard InChI is InChI=1S/C14H20BrNO4/c1-18-9-10(6-7-15)16-14(17)12-5-4-11(19-2)8-13(12)20-3/h4-5,8,10H,6-7,9H2,1-3H3,(H,16,17). The molecule has 0 aliphatic rings. The van der Waals surface area contributed by atoms with Gasteiger partial charge < -0.3 is 19.5 Å². The van der Waals surface area contributed by atoms with Crippen LogP contribution in [0.3, 0.4) is 0 Å². The van der Waals surface area contributed by atoms with Crippen LogP contribution in [0.5, 0.6) is 11.5 Å². The van der Waals surface area contributed by atoms with Gasteiger partial charge in [-0.3, -0.25) is 4.79 Å². The lowest BCUT2D eigenvalue weighted by Crippen LogP contribution is -2.38. The topological polar surface area (TPSA) is 56.8 Å². The minimum atomic E-state index is -0.187. The van der Waals surface area contributed by atoms with Crippen LogP contribution in [0.2, 0.25) is 0 Å². The molecule has 1 rings (SSSR count). The molecule has 20 heavy (non-hydrogen) atoms. The number of methoxy groups -OCH3 is 3. The number of alkyl halides is 1. The number of hydrogen-bond acceptors (Lipinski definition) is 4. The number of hydrogen-bond donors (Lipinski definition) is 1. The van der Waals surface area contributed by atoms with Crippen molar-refractivity contribution in [3.8, 4) is 11.5 Å². The lowest BCUT2D eigenvalue weighted by atomic mass is 10.1. The quantitative estimate of drug-likeness (QED) is 0.734. The van der Waals surface area contributed by atoms with Crippen LogP contribution in [-0.2, 0) is 4.74 Å². The average Bonchev–Trinajstić information content (AvgIpc) is 2.46. The second kappa shape index (κ2) is 8.81. The van der Waals surface area contributed by atoms with E-state index >= 15 is 0 Å². The van der Waals surface area contributed by atoms with Gasteiger partial charge in [-0.2, -0.15) is 0 Å². The first-order chi connectivity index (χ1) is 9.65. The summed E-state index contributed by atoms with van der Waals surface area (Å²) >= 11 is 3.37. The van der Waals surface area contributed by atoms with Crippen molar-refractivity contribution in [1.82, 2.24) is 5.32 Å². The summed E-state index contributed by atoms with van der Waals surface area (Å²) in [6.45, 7) is 0.468. The number of rotatable bonds is 8. The largest absolute Gasteiger partial charge is 0.497 e. The Balaban J connectivity index is 2.85. The Morgan fingerprint density at radius 1 is 1.30 bits per heavy atom. The van der Waals surface area contributed by atoms with Gasteiger partial charge in [0.1, 0.15) is 11.5 Å². The van der Waals surface area contributed by atoms with E-state index in [1.165, 1.54) is 7.11 Å². The molecular weight excluding hydrogens is 326 g/mol. The fourth-order valence-corrected chi connectivity index (χ4v) is 2.33. The highest BCUT2D eigenvalue weighted by molar-refractivity contribution is 9.09. The molecule has 6 heteroatoms. The summed E-state index contributed by atoms with van der Waals surface area (Å²) in [5.41, 5.74) is 0.476. The van der Waals surface area contributed by atoms with Gasteiger partial charge in [-0.1, -0.05) is 15.9 Å². The number of benzene rings is 1. The molecule has 5 nitrogen and oxygen atoms in total. The molecule has 0 bridgehead atoms. The highest BCUT2D eigenvalue weighted by Crippen LogP contribution is 2.24. The summed E-state index contributed by atoms with van der Waals surface area (Å²) in [5.74, 6) is 0.941. The zero-order valence-electron chi connectivity index (χ0n) is 11.9. The molecule has 1 aromatic rings. The van der Waals surface area contributed by atoms with Crippen LogP contribution in [0.4, 0.5) is 0 Å². The zero-order chi connectivity index (χ0) is 15.0. The van der Waals surface area contributed by atoms with Gasteiger partial charge in [0, 0.05) is 18.5 Å². The maximum absolute atomic E-state index is 12.3. The van der Waals surface area contributed by atoms with Crippen LogP contribution < -0.4 is 14.8 Å². The maximum Gasteiger partial charge on any atom is 0.255 e. The summed E-state index contributed by atoms with van der Waals surface area (Å²) in [7, 11) is 4.71. The van der Waals surface area contributed by atoms with E-state index in [1.807, 2.05) is 0 Å². The summed E-state index contributed by atoms with van der Waals surface area (Å²) in [5, 5.41) is 3.73. The second-order valence-corrected chi connectivity index (χ2v) is 4.96. The third kappa shape index (κ3) is 4.68. The Morgan fingerprint density at radius 2 is 2.05 bits per heavy atom. The van der Waals surface area contributed by atoms with Gasteiger partial charge in [-0.15, -0.1) is 0 Å². The molecule has 0 saturated carbocycles. The van der Waals surface area contributed by atoms with Crippen LogP contribution in [0.1, 0.15) is 16.8 Å². The van der Waals surface area contributed by atoms with Crippen molar-refractivity contribution in [2.75, 3.05) is 33.3 Å². The van der Waals surface area contributed by atoms with E-state index in [2.05, 4.69) is 21.2 Å². The summed E-state index contributed by atoms with van der Waals surface area (Å²) < 4.78 is 15.4. The Hall–Kier alpha value is -1.27. The van der Waals surface area contributed by atoms with E-state index in [-0.39, 0.29) is 11.9 Å². The predicted octanol–water partition coefficient (Wildman–Crippen LogP) is 2.23. The highest BCUT2D eigenvalue weighted by atomic mass is 79.9. The molecule has 0 spiro atoms. The zero-order valence-corrected chi connectivity index (χ0v) is 13.5. The molecule has 0 aliphatic heterocycles. The molecule has 0 radical (unpaired) electrons. The van der Waals surface area contributed by atoms with Gasteiger partial charge in [0.25, 0.3) is 5.91 Å². The van der Waals surface area contributed by atoms with E-state index < -0.39 is 0 Å². The van der Waals surface area contributed by atoms with E-state index in [1.54, 1.807) is 32.4 Å². The lowest BCUT2D eigenvalue weighted by molar-refractivity contribution is 0.0892. The van der Waals surface area contributed by atoms with Crippen LogP contribution >= 0.6 is 15.9 Å². The van der Waals surface area contributed by atoms with E-state index in [9.17, 15) is 4.79 Å². The van der Waals surface area contributed by atoms with Crippen molar-refractivity contribution in [2.45, 2.75) is 12.5 Å². The van der Waals surface area contributed by atoms with Crippen LogP contribution in [0, 0.1) is 0 Å². The molecule has 1 amide bonds. The van der Waals surface area contributed by atoms with Crippen molar-refractivity contribution in [3.05, 3.63) is 23.8 Å². The van der Waals surface area contributed by atoms with Crippen molar-refractivity contribution < 1.29 is 19.0 Å². The third-order valence-corrected chi connectivity index (χ3v) is 3.27. The van der Waals surface area contributed by atoms with E-state index in [4.69, 9.17) is 14.2 Å². The first-order valence-corrected chi connectivity index (χ1v) is 7.36. The fourth-order valence-electron chi connectivity index (χ4n) is 1.78. The Labute approximate surface area is 127 Å². The molecule has 0 heterocycles. The van der Waals surface area contributed by atoms with Gasteiger partial charge >= 0.3 is 0 Å². The molecule has 0 saturated heterocycles. The molecule has 0 fully saturated rings. The maximum atomic E-state index is 12.3. The SMILES string of the molecule is COCC(CCBr)NC(=O)c1ccc(OC)cc1OC. The van der Waals surface area contributed by atoms with Crippen molar-refractivity contribution in [1.29, 1.82) is 0 Å². The molecule has 0 aromatic heterocycles. The highest BCUT2D eigenvalue weighted by Gasteiger charge is 2.17. The number of carbonyl (C=O) groups excluding carboxylic acids is 1. The number of halogens is 1. The van der Waals surface area contributed by atoms with Gasteiger partial charge in [0.15, 0.2) is 0 Å². The lowest BCUT2D eigenvalue weighted by Gasteiger charge is -2.18. The van der Waals surface area contributed by atoms with Crippen molar-refractivity contribution >= 4 is 21.8 Å². The Kier molecular flexibility index (Phi) is 7.40. The van der Waals surface area contributed by atoms with Crippen LogP contribution in [0.25, 0.3) is 0 Å². The molecule has 1 unspecified atom stereocenters. The van der Waals surface area contributed by atoms with E-state index in [0.717, 1.165) is 11.8 Å².